The van der Waals surface area contributed by atoms with Crippen LogP contribution in [-0.2, 0) is 16.3 Å². The fourth-order valence-corrected chi connectivity index (χ4v) is 6.52. The Labute approximate surface area is 200 Å². The number of hydrogen-bond acceptors (Lipinski definition) is 3. The average Bonchev–Trinajstić information content (AvgIpc) is 3.48. The maximum Gasteiger partial charge on any atom is 0.153 e. The van der Waals surface area contributed by atoms with Crippen LogP contribution in [0.25, 0.3) is 21.8 Å². The first-order chi connectivity index (χ1) is 16.6. The molecule has 1 saturated heterocycles. The SMILES string of the molecule is O=S1(=O)CCN(c2ccccc2CC(c2c[nH]c3ccccc23)c2c[nH]c3ccccc23)CC1.[HH]. The summed E-state index contributed by atoms with van der Waals surface area (Å²) in [4.78, 5) is 9.16. The van der Waals surface area contributed by atoms with E-state index in [-0.39, 0.29) is 18.9 Å². The van der Waals surface area contributed by atoms with Gasteiger partial charge in [-0.2, -0.15) is 0 Å². The average molecular weight is 472 g/mol. The summed E-state index contributed by atoms with van der Waals surface area (Å²) in [6.45, 7) is 1.09. The molecule has 6 heteroatoms. The van der Waals surface area contributed by atoms with Crippen molar-refractivity contribution >= 4 is 37.3 Å². The number of para-hydroxylation sites is 3. The number of sulfone groups is 1. The van der Waals surface area contributed by atoms with Crippen molar-refractivity contribution in [1.82, 2.24) is 9.97 Å². The lowest BCUT2D eigenvalue weighted by atomic mass is 9.85. The van der Waals surface area contributed by atoms with E-state index in [9.17, 15) is 8.42 Å². The van der Waals surface area contributed by atoms with Gasteiger partial charge in [0.1, 0.15) is 0 Å². The molecule has 34 heavy (non-hydrogen) atoms. The third-order valence-electron chi connectivity index (χ3n) is 7.09. The number of fused-ring (bicyclic) bond motifs is 2. The molecule has 0 unspecified atom stereocenters. The van der Waals surface area contributed by atoms with Gasteiger partial charge in [-0.05, 0) is 41.3 Å². The first-order valence-electron chi connectivity index (χ1n) is 11.7. The summed E-state index contributed by atoms with van der Waals surface area (Å²) < 4.78 is 24.0. The van der Waals surface area contributed by atoms with E-state index < -0.39 is 9.84 Å². The lowest BCUT2D eigenvalue weighted by Gasteiger charge is -2.31. The zero-order chi connectivity index (χ0) is 23.1. The van der Waals surface area contributed by atoms with E-state index in [1.807, 2.05) is 6.07 Å². The van der Waals surface area contributed by atoms with Crippen LogP contribution in [0.2, 0.25) is 0 Å². The summed E-state index contributed by atoms with van der Waals surface area (Å²) in [7, 11) is -2.93. The van der Waals surface area contributed by atoms with Crippen molar-refractivity contribution in [1.29, 1.82) is 0 Å². The molecule has 0 radical (unpaired) electrons. The molecular weight excluding hydrogens is 442 g/mol. The highest BCUT2D eigenvalue weighted by molar-refractivity contribution is 7.91. The molecular formula is C28H29N3O2S. The molecule has 3 heterocycles. The number of nitrogens with one attached hydrogen (secondary N) is 2. The Kier molecular flexibility index (Phi) is 5.18. The summed E-state index contributed by atoms with van der Waals surface area (Å²) in [5.74, 6) is 0.577. The zero-order valence-electron chi connectivity index (χ0n) is 18.9. The molecule has 5 aromatic rings. The number of rotatable bonds is 5. The van der Waals surface area contributed by atoms with Crippen LogP contribution < -0.4 is 4.90 Å². The minimum atomic E-state index is -2.93. The number of aromatic amines is 2. The molecule has 0 atom stereocenters. The molecule has 0 spiro atoms. The summed E-state index contributed by atoms with van der Waals surface area (Å²) in [6, 6.07) is 25.4. The van der Waals surface area contributed by atoms with Gasteiger partial charge in [-0.25, -0.2) is 8.42 Å². The predicted molar refractivity (Wildman–Crippen MR) is 142 cm³/mol. The fraction of sp³-hybridized carbons (Fsp3) is 0.214. The van der Waals surface area contributed by atoms with E-state index in [1.165, 1.54) is 27.5 Å². The van der Waals surface area contributed by atoms with Crippen LogP contribution in [0.3, 0.4) is 0 Å². The molecule has 3 aromatic carbocycles. The Hall–Kier alpha value is -3.51. The second-order valence-electron chi connectivity index (χ2n) is 9.10. The number of hydrogen-bond donors (Lipinski definition) is 2. The summed E-state index contributed by atoms with van der Waals surface area (Å²) >= 11 is 0. The molecule has 174 valence electrons. The zero-order valence-corrected chi connectivity index (χ0v) is 19.7. The van der Waals surface area contributed by atoms with Gasteiger partial charge in [0, 0.05) is 60.3 Å². The van der Waals surface area contributed by atoms with E-state index in [0.29, 0.717) is 13.1 Å². The van der Waals surface area contributed by atoms with Crippen LogP contribution in [0.1, 0.15) is 24.0 Å². The van der Waals surface area contributed by atoms with Gasteiger partial charge in [0.25, 0.3) is 0 Å². The standard InChI is InChI=1S/C28H27N3O2S.H2/c32-34(33)15-13-31(14-16-34)28-12-6-1-7-20(28)17-23(24-18-29-26-10-4-2-8-21(24)26)25-19-30-27-11-5-3-9-22(25)27;/h1-12,18-19,23,29-30H,13-17H2;1H. The van der Waals surface area contributed by atoms with Crippen LogP contribution in [0.4, 0.5) is 5.69 Å². The quantitative estimate of drug-likeness (QED) is 0.355. The van der Waals surface area contributed by atoms with Crippen LogP contribution >= 0.6 is 0 Å². The molecule has 0 bridgehead atoms. The highest BCUT2D eigenvalue weighted by Crippen LogP contribution is 2.38. The fourth-order valence-electron chi connectivity index (χ4n) is 5.32. The monoisotopic (exact) mass is 471 g/mol. The first-order valence-corrected chi connectivity index (χ1v) is 13.6. The van der Waals surface area contributed by atoms with Gasteiger partial charge in [-0.3, -0.25) is 0 Å². The molecule has 2 N–H and O–H groups in total. The van der Waals surface area contributed by atoms with E-state index in [1.54, 1.807) is 0 Å². The van der Waals surface area contributed by atoms with Crippen LogP contribution in [0.5, 0.6) is 0 Å². The van der Waals surface area contributed by atoms with Gasteiger partial charge in [0.2, 0.25) is 0 Å². The highest BCUT2D eigenvalue weighted by Gasteiger charge is 2.26. The maximum atomic E-state index is 12.0. The summed E-state index contributed by atoms with van der Waals surface area (Å²) in [6.07, 6.45) is 5.11. The van der Waals surface area contributed by atoms with E-state index in [0.717, 1.165) is 23.1 Å². The van der Waals surface area contributed by atoms with Crippen LogP contribution in [0, 0.1) is 0 Å². The van der Waals surface area contributed by atoms with Gasteiger partial charge < -0.3 is 14.9 Å². The van der Waals surface area contributed by atoms with Crippen molar-refractivity contribution in [3.05, 3.63) is 102 Å². The molecule has 6 rings (SSSR count). The molecule has 0 saturated carbocycles. The predicted octanol–water partition coefficient (Wildman–Crippen LogP) is 5.50. The minimum absolute atomic E-state index is 0. The van der Waals surface area contributed by atoms with Gasteiger partial charge >= 0.3 is 0 Å². The molecule has 0 amide bonds. The number of anilines is 1. The Morgan fingerprint density at radius 3 is 1.91 bits per heavy atom. The number of aromatic nitrogens is 2. The van der Waals surface area contributed by atoms with Gasteiger partial charge in [0.05, 0.1) is 11.5 Å². The molecule has 5 nitrogen and oxygen atoms in total. The smallest absolute Gasteiger partial charge is 0.153 e. The Balaban J connectivity index is 0.00000253. The second kappa shape index (κ2) is 8.37. The molecule has 0 aliphatic carbocycles. The lowest BCUT2D eigenvalue weighted by Crippen LogP contribution is -2.40. The van der Waals surface area contributed by atoms with Crippen molar-refractivity contribution in [3.63, 3.8) is 0 Å². The molecule has 1 fully saturated rings. The Morgan fingerprint density at radius 2 is 1.29 bits per heavy atom. The Bertz CT molecular complexity index is 1500. The minimum Gasteiger partial charge on any atom is -0.369 e. The van der Waals surface area contributed by atoms with Gasteiger partial charge in [0.15, 0.2) is 9.84 Å². The number of benzene rings is 3. The largest absolute Gasteiger partial charge is 0.369 e. The van der Waals surface area contributed by atoms with E-state index >= 15 is 0 Å². The van der Waals surface area contributed by atoms with Crippen molar-refractivity contribution < 1.29 is 9.84 Å². The number of H-pyrrole nitrogens is 2. The molecule has 2 aromatic heterocycles. The highest BCUT2D eigenvalue weighted by atomic mass is 32.2. The Morgan fingerprint density at radius 1 is 0.765 bits per heavy atom. The third-order valence-corrected chi connectivity index (χ3v) is 8.70. The van der Waals surface area contributed by atoms with Crippen molar-refractivity contribution in [2.45, 2.75) is 12.3 Å². The van der Waals surface area contributed by atoms with Crippen LogP contribution in [0.15, 0.2) is 85.2 Å². The third kappa shape index (κ3) is 3.78. The topological polar surface area (TPSA) is 69.0 Å². The van der Waals surface area contributed by atoms with Crippen molar-refractivity contribution in [3.8, 4) is 0 Å². The number of nitrogens with zero attached hydrogens (tertiary/aromatic N) is 1. The molecule has 1 aliphatic rings. The second-order valence-corrected chi connectivity index (χ2v) is 11.4. The van der Waals surface area contributed by atoms with E-state index in [2.05, 4.69) is 94.0 Å². The summed E-state index contributed by atoms with van der Waals surface area (Å²) in [5.41, 5.74) is 7.20. The van der Waals surface area contributed by atoms with Crippen molar-refractivity contribution in [2.75, 3.05) is 29.5 Å². The van der Waals surface area contributed by atoms with Crippen LogP contribution in [-0.4, -0.2) is 43.0 Å². The maximum absolute atomic E-state index is 12.0. The summed E-state index contributed by atoms with van der Waals surface area (Å²) in [5, 5.41) is 2.47. The normalized spacial score (nSPS) is 16.0. The molecule has 1 aliphatic heterocycles. The van der Waals surface area contributed by atoms with Crippen molar-refractivity contribution in [2.24, 2.45) is 0 Å². The first kappa shape index (κ1) is 21.1. The lowest BCUT2D eigenvalue weighted by molar-refractivity contribution is 0.586. The van der Waals surface area contributed by atoms with Gasteiger partial charge in [-0.15, -0.1) is 0 Å². The van der Waals surface area contributed by atoms with E-state index in [4.69, 9.17) is 0 Å². The van der Waals surface area contributed by atoms with Gasteiger partial charge in [-0.1, -0.05) is 54.6 Å².